The second-order valence-electron chi connectivity index (χ2n) is 10.6. The van der Waals surface area contributed by atoms with Gasteiger partial charge in [0.25, 0.3) is 5.91 Å². The van der Waals surface area contributed by atoms with Crippen molar-refractivity contribution in [3.8, 4) is 11.5 Å². The van der Waals surface area contributed by atoms with Gasteiger partial charge >= 0.3 is 0 Å². The predicted molar refractivity (Wildman–Crippen MR) is 154 cm³/mol. The molecule has 0 saturated carbocycles. The van der Waals surface area contributed by atoms with Crippen LogP contribution in [0.1, 0.15) is 10.4 Å². The Balaban J connectivity index is 1.10. The number of hydrogen-bond donors (Lipinski definition) is 2. The molecule has 1 aliphatic rings. The Hall–Kier alpha value is -4.56. The molecule has 0 spiro atoms. The van der Waals surface area contributed by atoms with Crippen molar-refractivity contribution < 1.29 is 18.0 Å². The smallest absolute Gasteiger partial charge is 0.254 e. The van der Waals surface area contributed by atoms with Gasteiger partial charge in [-0.3, -0.25) is 9.69 Å². The monoisotopic (exact) mass is 578 g/mol. The molecule has 5 aromatic rings. The molecule has 5 heterocycles. The molecule has 0 aliphatic carbocycles. The van der Waals surface area contributed by atoms with Crippen LogP contribution in [0.5, 0.6) is 0 Å². The number of nitrogens with one attached hydrogen (secondary N) is 1. The van der Waals surface area contributed by atoms with E-state index < -0.39 is 17.5 Å². The summed E-state index contributed by atoms with van der Waals surface area (Å²) in [5.41, 5.74) is 9.04. The Labute approximate surface area is 240 Å². The highest BCUT2D eigenvalue weighted by atomic mass is 19.1. The van der Waals surface area contributed by atoms with Crippen LogP contribution in [-0.2, 0) is 6.54 Å². The molecule has 4 aromatic heterocycles. The number of rotatable bonds is 9. The molecule has 0 radical (unpaired) electrons. The molecule has 0 bridgehead atoms. The molecule has 1 aromatic carbocycles. The maximum absolute atomic E-state index is 14.8. The van der Waals surface area contributed by atoms with E-state index in [0.717, 1.165) is 11.6 Å². The van der Waals surface area contributed by atoms with E-state index in [1.54, 1.807) is 23.2 Å². The Morgan fingerprint density at radius 3 is 2.67 bits per heavy atom. The third kappa shape index (κ3) is 5.37. The maximum atomic E-state index is 14.8. The third-order valence-electron chi connectivity index (χ3n) is 7.47. The number of fused-ring (bicyclic) bond motifs is 3. The number of nitrogen functional groups attached to an aromatic ring is 1. The van der Waals surface area contributed by atoms with Gasteiger partial charge in [0, 0.05) is 58.4 Å². The lowest BCUT2D eigenvalue weighted by atomic mass is 10.1. The number of furan rings is 1. The van der Waals surface area contributed by atoms with Gasteiger partial charge in [-0.05, 0) is 38.4 Å². The second-order valence-corrected chi connectivity index (χ2v) is 10.6. The van der Waals surface area contributed by atoms with Crippen molar-refractivity contribution in [3.63, 3.8) is 0 Å². The van der Waals surface area contributed by atoms with E-state index in [0.29, 0.717) is 75.0 Å². The number of hydrogen-bond acceptors (Lipinski definition) is 9. The predicted octanol–water partition coefficient (Wildman–Crippen LogP) is 2.31. The first-order chi connectivity index (χ1) is 20.3. The van der Waals surface area contributed by atoms with E-state index in [9.17, 15) is 13.6 Å². The number of aromatic nitrogens is 5. The van der Waals surface area contributed by atoms with Crippen molar-refractivity contribution in [2.24, 2.45) is 0 Å². The minimum absolute atomic E-state index is 0.157. The van der Waals surface area contributed by atoms with Crippen LogP contribution >= 0.6 is 0 Å². The number of amides is 1. The van der Waals surface area contributed by atoms with Gasteiger partial charge < -0.3 is 29.8 Å². The first-order valence-electron chi connectivity index (χ1n) is 13.7. The molecule has 12 nitrogen and oxygen atoms in total. The number of piperazine rings is 1. The molecule has 1 amide bonds. The molecule has 14 heteroatoms. The number of nitrogens with two attached hydrogens (primary N) is 1. The molecule has 0 unspecified atom stereocenters. The Kier molecular flexibility index (Phi) is 7.47. The lowest BCUT2D eigenvalue weighted by molar-refractivity contribution is 0.0947. The number of nitrogens with zero attached hydrogens (tertiary/aromatic N) is 8. The molecular weight excluding hydrogens is 546 g/mol. The number of anilines is 2. The van der Waals surface area contributed by atoms with Crippen molar-refractivity contribution in [2.45, 2.75) is 6.54 Å². The summed E-state index contributed by atoms with van der Waals surface area (Å²) in [6.45, 7) is 4.73. The van der Waals surface area contributed by atoms with Gasteiger partial charge in [0.15, 0.2) is 11.4 Å². The summed E-state index contributed by atoms with van der Waals surface area (Å²) in [4.78, 5) is 27.7. The van der Waals surface area contributed by atoms with Crippen LogP contribution in [-0.4, -0.2) is 99.8 Å². The van der Waals surface area contributed by atoms with Crippen molar-refractivity contribution in [3.05, 3.63) is 60.1 Å². The first kappa shape index (κ1) is 27.6. The maximum Gasteiger partial charge on any atom is 0.254 e. The standard InChI is InChI=1S/C28H32F2N10O2/c1-36(2)6-5-32-27(41)18-14-22(20(30)15-19(18)29)38-10-7-37(8-11-38)9-12-39-17-33-25-23-16-21(24-4-3-13-42-24)35-40(23)28(31)34-26(25)39/h3-4,13-17H,5-12H2,1-2H3,(H2,31,34)(H,32,41). The van der Waals surface area contributed by atoms with Crippen LogP contribution in [0.2, 0.25) is 0 Å². The van der Waals surface area contributed by atoms with Crippen molar-refractivity contribution in [2.75, 3.05) is 70.5 Å². The molecule has 0 atom stereocenters. The zero-order chi connectivity index (χ0) is 29.4. The van der Waals surface area contributed by atoms with Gasteiger partial charge in [-0.2, -0.15) is 14.6 Å². The summed E-state index contributed by atoms with van der Waals surface area (Å²) in [5.74, 6) is -1.23. The molecule has 1 saturated heterocycles. The van der Waals surface area contributed by atoms with E-state index in [1.807, 2.05) is 40.6 Å². The van der Waals surface area contributed by atoms with Gasteiger partial charge in [-0.15, -0.1) is 0 Å². The van der Waals surface area contributed by atoms with Crippen LogP contribution < -0.4 is 16.0 Å². The largest absolute Gasteiger partial charge is 0.463 e. The average Bonchev–Trinajstić information content (AvgIpc) is 3.72. The number of benzene rings is 1. The van der Waals surface area contributed by atoms with Crippen molar-refractivity contribution in [1.82, 2.24) is 39.3 Å². The zero-order valence-electron chi connectivity index (χ0n) is 23.4. The van der Waals surface area contributed by atoms with Crippen LogP contribution in [0.15, 0.2) is 47.3 Å². The van der Waals surface area contributed by atoms with E-state index in [1.165, 1.54) is 6.07 Å². The van der Waals surface area contributed by atoms with Gasteiger partial charge in [0.05, 0.1) is 23.8 Å². The van der Waals surface area contributed by atoms with E-state index >= 15 is 0 Å². The molecule has 42 heavy (non-hydrogen) atoms. The summed E-state index contributed by atoms with van der Waals surface area (Å²) in [6, 6.07) is 7.61. The van der Waals surface area contributed by atoms with Crippen molar-refractivity contribution in [1.29, 1.82) is 0 Å². The third-order valence-corrected chi connectivity index (χ3v) is 7.47. The Bertz CT molecular complexity index is 1720. The van der Waals surface area contributed by atoms with Crippen molar-refractivity contribution >= 4 is 34.2 Å². The highest BCUT2D eigenvalue weighted by Crippen LogP contribution is 2.27. The fourth-order valence-electron chi connectivity index (χ4n) is 5.17. The fraction of sp³-hybridized carbons (Fsp3) is 0.357. The molecule has 6 rings (SSSR count). The SMILES string of the molecule is CN(C)CCNC(=O)c1cc(N2CCN(CCn3cnc4c3nc(N)n3nc(-c5ccco5)cc43)CC2)c(F)cc1F. The van der Waals surface area contributed by atoms with Gasteiger partial charge in [0.2, 0.25) is 5.95 Å². The topological polar surface area (TPSA) is 126 Å². The number of carbonyl (C=O) groups is 1. The van der Waals surface area contributed by atoms with Gasteiger partial charge in [0.1, 0.15) is 28.4 Å². The molecule has 3 N–H and O–H groups in total. The number of halogens is 2. The van der Waals surface area contributed by atoms with Crippen LogP contribution in [0.4, 0.5) is 20.4 Å². The van der Waals surface area contributed by atoms with E-state index in [-0.39, 0.29) is 17.2 Å². The normalized spacial score (nSPS) is 14.5. The number of carbonyl (C=O) groups excluding carboxylic acids is 1. The average molecular weight is 579 g/mol. The summed E-state index contributed by atoms with van der Waals surface area (Å²) in [7, 11) is 3.76. The van der Waals surface area contributed by atoms with E-state index in [4.69, 9.17) is 10.2 Å². The number of likely N-dealkylation sites (N-methyl/N-ethyl adjacent to an activating group) is 1. The summed E-state index contributed by atoms with van der Waals surface area (Å²) in [5, 5.41) is 7.20. The highest BCUT2D eigenvalue weighted by molar-refractivity contribution is 5.95. The van der Waals surface area contributed by atoms with Crippen LogP contribution in [0, 0.1) is 11.6 Å². The van der Waals surface area contributed by atoms with E-state index in [2.05, 4.69) is 25.3 Å². The Morgan fingerprint density at radius 1 is 1.12 bits per heavy atom. The summed E-state index contributed by atoms with van der Waals surface area (Å²) < 4.78 is 38.2. The second kappa shape index (κ2) is 11.4. The molecular formula is C28H32F2N10O2. The Morgan fingerprint density at radius 2 is 1.93 bits per heavy atom. The quantitative estimate of drug-likeness (QED) is 0.271. The lowest BCUT2D eigenvalue weighted by Gasteiger charge is -2.36. The van der Waals surface area contributed by atoms with Gasteiger partial charge in [-0.25, -0.2) is 13.8 Å². The highest BCUT2D eigenvalue weighted by Gasteiger charge is 2.24. The first-order valence-corrected chi connectivity index (χ1v) is 13.7. The summed E-state index contributed by atoms with van der Waals surface area (Å²) >= 11 is 0. The zero-order valence-corrected chi connectivity index (χ0v) is 23.4. The lowest BCUT2D eigenvalue weighted by Crippen LogP contribution is -2.47. The minimum Gasteiger partial charge on any atom is -0.463 e. The van der Waals surface area contributed by atoms with Crippen LogP contribution in [0.25, 0.3) is 28.1 Å². The molecule has 1 fully saturated rings. The number of imidazole rings is 1. The molecule has 1 aliphatic heterocycles. The summed E-state index contributed by atoms with van der Waals surface area (Å²) in [6.07, 6.45) is 3.33. The van der Waals surface area contributed by atoms with Gasteiger partial charge in [-0.1, -0.05) is 0 Å². The molecule has 220 valence electrons. The van der Waals surface area contributed by atoms with Crippen LogP contribution in [0.3, 0.4) is 0 Å². The fourth-order valence-corrected chi connectivity index (χ4v) is 5.17. The minimum atomic E-state index is -0.871.